The van der Waals surface area contributed by atoms with Crippen molar-refractivity contribution in [2.24, 2.45) is 0 Å². The maximum atomic E-state index is 12.6. The van der Waals surface area contributed by atoms with Gasteiger partial charge in [0.05, 0.1) is 53.6 Å². The Morgan fingerprint density at radius 3 is 2.55 bits per heavy atom. The number of aryl methyl sites for hydroxylation is 1. The molecular formula is C23H32N5O3+. The molecule has 0 saturated carbocycles. The zero-order valence-electron chi connectivity index (χ0n) is 18.9. The van der Waals surface area contributed by atoms with Crippen LogP contribution in [0.2, 0.25) is 0 Å². The normalized spacial score (nSPS) is 17.2. The van der Waals surface area contributed by atoms with Gasteiger partial charge in [-0.2, -0.15) is 5.10 Å². The van der Waals surface area contributed by atoms with Gasteiger partial charge in [0.2, 0.25) is 0 Å². The molecule has 0 spiro atoms. The van der Waals surface area contributed by atoms with E-state index in [4.69, 9.17) is 9.84 Å². The molecule has 0 saturated heterocycles. The van der Waals surface area contributed by atoms with Crippen molar-refractivity contribution in [2.75, 3.05) is 20.2 Å². The molecule has 166 valence electrons. The van der Waals surface area contributed by atoms with Crippen LogP contribution in [0.4, 0.5) is 4.79 Å². The van der Waals surface area contributed by atoms with E-state index >= 15 is 0 Å². The molecule has 2 atom stereocenters. The maximum Gasteiger partial charge on any atom is 0.338 e. The lowest BCUT2D eigenvalue weighted by molar-refractivity contribution is -0.889. The van der Waals surface area contributed by atoms with Crippen LogP contribution in [0.5, 0.6) is 0 Å². The predicted octanol–water partition coefficient (Wildman–Crippen LogP) is 1.41. The van der Waals surface area contributed by atoms with E-state index in [1.165, 1.54) is 0 Å². The van der Waals surface area contributed by atoms with Crippen molar-refractivity contribution in [2.45, 2.75) is 46.7 Å². The molecule has 0 aliphatic carbocycles. The SMILES string of the molecule is CCOC(=O)C1=C(C[NH+](C)Cc2c(C)nn(-c3ccccc3)c2C)NC(=O)N[C@@H]1CC. The molecule has 31 heavy (non-hydrogen) atoms. The number of nitrogens with zero attached hydrogens (tertiary/aromatic N) is 2. The van der Waals surface area contributed by atoms with Crippen molar-refractivity contribution in [1.82, 2.24) is 20.4 Å². The predicted molar refractivity (Wildman–Crippen MR) is 118 cm³/mol. The summed E-state index contributed by atoms with van der Waals surface area (Å²) < 4.78 is 7.22. The molecule has 1 unspecified atom stereocenters. The Balaban J connectivity index is 1.85. The monoisotopic (exact) mass is 426 g/mol. The number of aromatic nitrogens is 2. The van der Waals surface area contributed by atoms with Crippen LogP contribution in [0.15, 0.2) is 41.6 Å². The number of hydrogen-bond acceptors (Lipinski definition) is 4. The molecule has 2 heterocycles. The fourth-order valence-electron chi connectivity index (χ4n) is 4.02. The number of para-hydroxylation sites is 1. The third-order valence-corrected chi connectivity index (χ3v) is 5.55. The summed E-state index contributed by atoms with van der Waals surface area (Å²) in [5.74, 6) is -0.381. The van der Waals surface area contributed by atoms with Gasteiger partial charge in [-0.05, 0) is 39.3 Å². The largest absolute Gasteiger partial charge is 0.463 e. The Morgan fingerprint density at radius 2 is 1.90 bits per heavy atom. The van der Waals surface area contributed by atoms with E-state index in [9.17, 15) is 9.59 Å². The van der Waals surface area contributed by atoms with Gasteiger partial charge in [0.1, 0.15) is 13.1 Å². The topological polar surface area (TPSA) is 89.7 Å². The van der Waals surface area contributed by atoms with Crippen LogP contribution < -0.4 is 15.5 Å². The summed E-state index contributed by atoms with van der Waals surface area (Å²) in [5, 5.41) is 10.4. The first kappa shape index (κ1) is 22.6. The smallest absolute Gasteiger partial charge is 0.338 e. The van der Waals surface area contributed by atoms with Gasteiger partial charge in [0.25, 0.3) is 0 Å². The van der Waals surface area contributed by atoms with E-state index in [-0.39, 0.29) is 18.0 Å². The van der Waals surface area contributed by atoms with Crippen LogP contribution in [-0.2, 0) is 16.1 Å². The summed E-state index contributed by atoms with van der Waals surface area (Å²) in [6, 6.07) is 9.41. The minimum absolute atomic E-state index is 0.285. The molecule has 2 amide bonds. The summed E-state index contributed by atoms with van der Waals surface area (Å²) in [4.78, 5) is 25.9. The van der Waals surface area contributed by atoms with Crippen molar-refractivity contribution in [3.05, 3.63) is 58.6 Å². The van der Waals surface area contributed by atoms with Crippen LogP contribution >= 0.6 is 0 Å². The van der Waals surface area contributed by atoms with Crippen LogP contribution in [0.3, 0.4) is 0 Å². The maximum absolute atomic E-state index is 12.6. The van der Waals surface area contributed by atoms with Gasteiger partial charge in [-0.15, -0.1) is 0 Å². The number of ether oxygens (including phenoxy) is 1. The average Bonchev–Trinajstić information content (AvgIpc) is 3.02. The highest BCUT2D eigenvalue weighted by Crippen LogP contribution is 2.18. The molecule has 3 N–H and O–H groups in total. The minimum Gasteiger partial charge on any atom is -0.463 e. The second-order valence-corrected chi connectivity index (χ2v) is 7.88. The number of hydrogen-bond donors (Lipinski definition) is 3. The molecule has 1 aliphatic heterocycles. The molecule has 3 rings (SSSR count). The van der Waals surface area contributed by atoms with E-state index in [0.717, 1.165) is 27.5 Å². The summed E-state index contributed by atoms with van der Waals surface area (Å²) in [5.41, 5.74) is 5.38. The Kier molecular flexibility index (Phi) is 7.12. The van der Waals surface area contributed by atoms with Crippen molar-refractivity contribution in [1.29, 1.82) is 0 Å². The number of esters is 1. The zero-order valence-corrected chi connectivity index (χ0v) is 18.9. The molecule has 0 radical (unpaired) electrons. The lowest BCUT2D eigenvalue weighted by Gasteiger charge is -2.29. The Bertz CT molecular complexity index is 981. The van der Waals surface area contributed by atoms with E-state index in [1.807, 2.05) is 55.9 Å². The summed E-state index contributed by atoms with van der Waals surface area (Å²) in [6.07, 6.45) is 0.617. The molecule has 1 aliphatic rings. The Labute approximate surface area is 183 Å². The van der Waals surface area contributed by atoms with Gasteiger partial charge in [-0.1, -0.05) is 25.1 Å². The molecule has 0 bridgehead atoms. The standard InChI is InChI=1S/C23H31N5O3/c1-6-19-21(22(29)31-7-2)20(25-23(30)24-19)14-27(5)13-18-15(3)26-28(16(18)4)17-11-9-8-10-12-17/h8-12,19H,6-7,13-14H2,1-5H3,(H2,24,25,30)/p+1/t19-/m1/s1. The number of nitrogens with one attached hydrogen (secondary N) is 3. The first-order valence-electron chi connectivity index (χ1n) is 10.7. The summed E-state index contributed by atoms with van der Waals surface area (Å²) in [6.45, 7) is 9.29. The number of quaternary nitrogens is 1. The molecule has 0 fully saturated rings. The van der Waals surface area contributed by atoms with Crippen LogP contribution in [0.1, 0.15) is 37.2 Å². The van der Waals surface area contributed by atoms with Gasteiger partial charge >= 0.3 is 12.0 Å². The number of carbonyl (C=O) groups is 2. The highest BCUT2D eigenvalue weighted by molar-refractivity contribution is 5.94. The molecule has 1 aromatic heterocycles. The lowest BCUT2D eigenvalue weighted by Crippen LogP contribution is -3.08. The minimum atomic E-state index is -0.381. The molecule has 1 aromatic carbocycles. The molecule has 2 aromatic rings. The van der Waals surface area contributed by atoms with E-state index in [1.54, 1.807) is 6.92 Å². The third-order valence-electron chi connectivity index (χ3n) is 5.55. The van der Waals surface area contributed by atoms with Gasteiger partial charge in [0.15, 0.2) is 0 Å². The van der Waals surface area contributed by atoms with Crippen molar-refractivity contribution in [3.63, 3.8) is 0 Å². The lowest BCUT2D eigenvalue weighted by atomic mass is 10.00. The van der Waals surface area contributed by atoms with Gasteiger partial charge in [-0.25, -0.2) is 14.3 Å². The van der Waals surface area contributed by atoms with Gasteiger partial charge in [-0.3, -0.25) is 0 Å². The highest BCUT2D eigenvalue weighted by Gasteiger charge is 2.33. The molecule has 8 nitrogen and oxygen atoms in total. The Hall–Kier alpha value is -3.13. The fourth-order valence-corrected chi connectivity index (χ4v) is 4.02. The van der Waals surface area contributed by atoms with E-state index in [0.29, 0.717) is 37.4 Å². The van der Waals surface area contributed by atoms with E-state index in [2.05, 4.69) is 17.6 Å². The van der Waals surface area contributed by atoms with Crippen LogP contribution in [0.25, 0.3) is 5.69 Å². The Morgan fingerprint density at radius 1 is 1.19 bits per heavy atom. The average molecular weight is 427 g/mol. The zero-order chi connectivity index (χ0) is 22.5. The number of benzene rings is 1. The van der Waals surface area contributed by atoms with Crippen molar-refractivity contribution in [3.8, 4) is 5.69 Å². The molecule has 8 heteroatoms. The number of urea groups is 1. The second kappa shape index (κ2) is 9.78. The number of likely N-dealkylation sites (N-methyl/N-ethyl adjacent to an activating group) is 1. The van der Waals surface area contributed by atoms with Gasteiger partial charge < -0.3 is 20.3 Å². The summed E-state index contributed by atoms with van der Waals surface area (Å²) in [7, 11) is 2.05. The number of rotatable bonds is 8. The third kappa shape index (κ3) is 4.96. The highest BCUT2D eigenvalue weighted by atomic mass is 16.5. The van der Waals surface area contributed by atoms with Gasteiger partial charge in [0, 0.05) is 0 Å². The van der Waals surface area contributed by atoms with Crippen molar-refractivity contribution < 1.29 is 19.2 Å². The first-order chi connectivity index (χ1) is 14.8. The number of amides is 2. The van der Waals surface area contributed by atoms with E-state index < -0.39 is 0 Å². The summed E-state index contributed by atoms with van der Waals surface area (Å²) >= 11 is 0. The fraction of sp³-hybridized carbons (Fsp3) is 0.435. The number of carbonyl (C=O) groups excluding carboxylic acids is 2. The molecular weight excluding hydrogens is 394 g/mol. The van der Waals surface area contributed by atoms with Crippen molar-refractivity contribution >= 4 is 12.0 Å². The van der Waals surface area contributed by atoms with Crippen LogP contribution in [0, 0.1) is 13.8 Å². The van der Waals surface area contributed by atoms with Crippen LogP contribution in [-0.4, -0.2) is 48.0 Å². The quantitative estimate of drug-likeness (QED) is 0.557. The first-order valence-corrected chi connectivity index (χ1v) is 10.7. The second-order valence-electron chi connectivity index (χ2n) is 7.88.